The predicted octanol–water partition coefficient (Wildman–Crippen LogP) is 2.51. The highest BCUT2D eigenvalue weighted by Gasteiger charge is 2.14. The van der Waals surface area contributed by atoms with Crippen molar-refractivity contribution in [3.05, 3.63) is 53.6 Å². The predicted molar refractivity (Wildman–Crippen MR) is 87.2 cm³/mol. The third kappa shape index (κ3) is 4.36. The molecule has 2 rings (SSSR count). The first kappa shape index (κ1) is 16.6. The van der Waals surface area contributed by atoms with Crippen molar-refractivity contribution in [3.8, 4) is 0 Å². The average Bonchev–Trinajstić information content (AvgIpc) is 2.41. The van der Waals surface area contributed by atoms with Gasteiger partial charge < -0.3 is 0 Å². The average molecular weight is 361 g/mol. The fourth-order valence-corrected chi connectivity index (χ4v) is 3.61. The molecule has 0 spiro atoms. The minimum Gasteiger partial charge on any atom is -0.282 e. The molecule has 9 heteroatoms. The summed E-state index contributed by atoms with van der Waals surface area (Å²) in [5.41, 5.74) is 0.403. The largest absolute Gasteiger partial charge is 0.282 e. The standard InChI is InChI=1S/C13H13ClN2O4S2/c1-21(17,18)16-13-8-7-10(9-12(13)14)15-22(19,20)11-5-3-2-4-6-11/h2-9,15-16H,1H3. The Hall–Kier alpha value is -1.77. The summed E-state index contributed by atoms with van der Waals surface area (Å²) in [6.07, 6.45) is 0.995. The Morgan fingerprint density at radius 2 is 1.55 bits per heavy atom. The summed E-state index contributed by atoms with van der Waals surface area (Å²) >= 11 is 5.95. The molecule has 0 fully saturated rings. The second kappa shape index (κ2) is 6.15. The first-order valence-electron chi connectivity index (χ1n) is 6.02. The highest BCUT2D eigenvalue weighted by Crippen LogP contribution is 2.27. The van der Waals surface area contributed by atoms with Gasteiger partial charge in [-0.25, -0.2) is 16.8 Å². The summed E-state index contributed by atoms with van der Waals surface area (Å²) < 4.78 is 51.3. The van der Waals surface area contributed by atoms with E-state index in [4.69, 9.17) is 11.6 Å². The van der Waals surface area contributed by atoms with E-state index in [2.05, 4.69) is 9.44 Å². The van der Waals surface area contributed by atoms with E-state index in [9.17, 15) is 16.8 Å². The monoisotopic (exact) mass is 360 g/mol. The van der Waals surface area contributed by atoms with Crippen LogP contribution in [0.15, 0.2) is 53.4 Å². The molecule has 0 heterocycles. The van der Waals surface area contributed by atoms with Gasteiger partial charge in [-0.2, -0.15) is 0 Å². The SMILES string of the molecule is CS(=O)(=O)Nc1ccc(NS(=O)(=O)c2ccccc2)cc1Cl. The molecule has 0 aromatic heterocycles. The number of anilines is 2. The van der Waals surface area contributed by atoms with Crippen LogP contribution >= 0.6 is 11.6 Å². The molecule has 22 heavy (non-hydrogen) atoms. The molecular weight excluding hydrogens is 348 g/mol. The molecule has 0 atom stereocenters. The zero-order valence-corrected chi connectivity index (χ0v) is 13.8. The molecule has 0 bridgehead atoms. The van der Waals surface area contributed by atoms with Crippen molar-refractivity contribution in [1.82, 2.24) is 0 Å². The van der Waals surface area contributed by atoms with Gasteiger partial charge in [0.25, 0.3) is 10.0 Å². The molecule has 0 radical (unpaired) electrons. The fourth-order valence-electron chi connectivity index (χ4n) is 1.67. The molecule has 0 unspecified atom stereocenters. The van der Waals surface area contributed by atoms with E-state index < -0.39 is 20.0 Å². The Balaban J connectivity index is 2.27. The summed E-state index contributed by atoms with van der Waals surface area (Å²) in [7, 11) is -7.19. The maximum atomic E-state index is 12.2. The molecule has 0 amide bonds. The van der Waals surface area contributed by atoms with Gasteiger partial charge in [0, 0.05) is 0 Å². The van der Waals surface area contributed by atoms with Crippen LogP contribution in [0.5, 0.6) is 0 Å². The first-order valence-corrected chi connectivity index (χ1v) is 9.78. The number of halogens is 1. The van der Waals surface area contributed by atoms with E-state index in [-0.39, 0.29) is 21.3 Å². The van der Waals surface area contributed by atoms with E-state index in [1.165, 1.54) is 30.3 Å². The number of nitrogens with one attached hydrogen (secondary N) is 2. The van der Waals surface area contributed by atoms with Gasteiger partial charge in [0.2, 0.25) is 10.0 Å². The molecule has 0 saturated carbocycles. The molecular formula is C13H13ClN2O4S2. The van der Waals surface area contributed by atoms with Crippen LogP contribution in [0.4, 0.5) is 11.4 Å². The molecule has 2 aromatic rings. The van der Waals surface area contributed by atoms with Crippen LogP contribution < -0.4 is 9.44 Å². The van der Waals surface area contributed by atoms with Gasteiger partial charge in [0.05, 0.1) is 27.5 Å². The lowest BCUT2D eigenvalue weighted by atomic mass is 10.3. The number of hydrogen-bond acceptors (Lipinski definition) is 4. The van der Waals surface area contributed by atoms with Crippen molar-refractivity contribution in [2.75, 3.05) is 15.7 Å². The Morgan fingerprint density at radius 1 is 0.909 bits per heavy atom. The summed E-state index contributed by atoms with van der Waals surface area (Å²) in [5.74, 6) is 0. The van der Waals surface area contributed by atoms with Crippen molar-refractivity contribution >= 4 is 43.0 Å². The molecule has 2 N–H and O–H groups in total. The van der Waals surface area contributed by atoms with Crippen molar-refractivity contribution < 1.29 is 16.8 Å². The zero-order valence-electron chi connectivity index (χ0n) is 11.4. The molecule has 0 saturated heterocycles. The second-order valence-corrected chi connectivity index (χ2v) is 8.33. The van der Waals surface area contributed by atoms with E-state index in [0.717, 1.165) is 6.26 Å². The highest BCUT2D eigenvalue weighted by atomic mass is 35.5. The van der Waals surface area contributed by atoms with Crippen LogP contribution in [0, 0.1) is 0 Å². The Morgan fingerprint density at radius 3 is 2.09 bits per heavy atom. The van der Waals surface area contributed by atoms with Crippen LogP contribution in [-0.4, -0.2) is 23.1 Å². The van der Waals surface area contributed by atoms with Crippen LogP contribution in [0.2, 0.25) is 5.02 Å². The molecule has 0 aliphatic rings. The van der Waals surface area contributed by atoms with E-state index in [0.29, 0.717) is 0 Å². The molecule has 118 valence electrons. The molecule has 6 nitrogen and oxygen atoms in total. The summed E-state index contributed by atoms with van der Waals surface area (Å²) in [4.78, 5) is 0.115. The van der Waals surface area contributed by atoms with E-state index >= 15 is 0 Å². The highest BCUT2D eigenvalue weighted by molar-refractivity contribution is 7.92. The number of hydrogen-bond donors (Lipinski definition) is 2. The van der Waals surface area contributed by atoms with Gasteiger partial charge in [0.15, 0.2) is 0 Å². The molecule has 0 aliphatic heterocycles. The summed E-state index contributed by atoms with van der Waals surface area (Å²) in [5, 5.41) is 0.0821. The topological polar surface area (TPSA) is 92.3 Å². The maximum Gasteiger partial charge on any atom is 0.261 e. The Bertz CT molecular complexity index is 882. The number of benzene rings is 2. The minimum atomic E-state index is -3.73. The fraction of sp³-hybridized carbons (Fsp3) is 0.0769. The van der Waals surface area contributed by atoms with Crippen molar-refractivity contribution in [1.29, 1.82) is 0 Å². The van der Waals surface area contributed by atoms with Gasteiger partial charge in [-0.3, -0.25) is 9.44 Å². The normalized spacial score (nSPS) is 11.9. The maximum absolute atomic E-state index is 12.2. The quantitative estimate of drug-likeness (QED) is 0.856. The van der Waals surface area contributed by atoms with Crippen molar-refractivity contribution in [2.45, 2.75) is 4.90 Å². The Kier molecular flexibility index (Phi) is 4.64. The zero-order chi connectivity index (χ0) is 16.4. The minimum absolute atomic E-state index is 0.0821. The number of rotatable bonds is 5. The smallest absolute Gasteiger partial charge is 0.261 e. The molecule has 0 aliphatic carbocycles. The lowest BCUT2D eigenvalue weighted by molar-refractivity contribution is 0.600. The van der Waals surface area contributed by atoms with Crippen molar-refractivity contribution in [3.63, 3.8) is 0 Å². The lowest BCUT2D eigenvalue weighted by Gasteiger charge is -2.11. The summed E-state index contributed by atoms with van der Waals surface area (Å²) in [6.45, 7) is 0. The third-order valence-electron chi connectivity index (χ3n) is 2.57. The Labute approximate surface area is 134 Å². The third-order valence-corrected chi connectivity index (χ3v) is 4.87. The van der Waals surface area contributed by atoms with Crippen LogP contribution in [0.1, 0.15) is 0 Å². The van der Waals surface area contributed by atoms with E-state index in [1.807, 2.05) is 0 Å². The number of sulfonamides is 2. The summed E-state index contributed by atoms with van der Waals surface area (Å²) in [6, 6.07) is 12.0. The van der Waals surface area contributed by atoms with Crippen LogP contribution in [-0.2, 0) is 20.0 Å². The first-order chi connectivity index (χ1) is 10.2. The molecule has 2 aromatic carbocycles. The second-order valence-electron chi connectivity index (χ2n) is 4.49. The van der Waals surface area contributed by atoms with Crippen LogP contribution in [0.25, 0.3) is 0 Å². The van der Waals surface area contributed by atoms with Gasteiger partial charge in [-0.05, 0) is 30.3 Å². The van der Waals surface area contributed by atoms with Gasteiger partial charge in [0.1, 0.15) is 0 Å². The van der Waals surface area contributed by atoms with Gasteiger partial charge in [-0.1, -0.05) is 29.8 Å². The van der Waals surface area contributed by atoms with Gasteiger partial charge >= 0.3 is 0 Å². The van der Waals surface area contributed by atoms with Gasteiger partial charge in [-0.15, -0.1) is 0 Å². The lowest BCUT2D eigenvalue weighted by Crippen LogP contribution is -2.13. The van der Waals surface area contributed by atoms with Crippen molar-refractivity contribution in [2.24, 2.45) is 0 Å². The van der Waals surface area contributed by atoms with E-state index in [1.54, 1.807) is 18.2 Å². The van der Waals surface area contributed by atoms with Crippen LogP contribution in [0.3, 0.4) is 0 Å².